The third-order valence-corrected chi connectivity index (χ3v) is 3.40. The second-order valence-electron chi connectivity index (χ2n) is 4.77. The van der Waals surface area contributed by atoms with Gasteiger partial charge in [0.25, 0.3) is 5.69 Å². The minimum Gasteiger partial charge on any atom is -0.465 e. The van der Waals surface area contributed by atoms with Gasteiger partial charge in [0.1, 0.15) is 0 Å². The van der Waals surface area contributed by atoms with Gasteiger partial charge in [0.15, 0.2) is 5.39 Å². The van der Waals surface area contributed by atoms with Crippen LogP contribution >= 0.6 is 0 Å². The van der Waals surface area contributed by atoms with E-state index in [9.17, 15) is 19.7 Å². The maximum absolute atomic E-state index is 12.2. The Balaban J connectivity index is 2.30. The number of benzene rings is 2. The average molecular weight is 326 g/mol. The third-order valence-electron chi connectivity index (χ3n) is 3.40. The lowest BCUT2D eigenvalue weighted by molar-refractivity contribution is -0.383. The van der Waals surface area contributed by atoms with E-state index >= 15 is 0 Å². The van der Waals surface area contributed by atoms with Crippen molar-refractivity contribution in [3.8, 4) is 11.5 Å². The number of hydrogen-bond acceptors (Lipinski definition) is 7. The summed E-state index contributed by atoms with van der Waals surface area (Å²) in [5.74, 6) is -0.733. The lowest BCUT2D eigenvalue weighted by atomic mass is 10.1. The van der Waals surface area contributed by atoms with Gasteiger partial charge in [-0.3, -0.25) is 10.1 Å². The number of esters is 1. The molecule has 8 nitrogen and oxygen atoms in total. The molecular weight excluding hydrogens is 316 g/mol. The number of nitro groups is 1. The number of carbonyl (C=O) groups is 1. The monoisotopic (exact) mass is 326 g/mol. The number of ether oxygens (including phenoxy) is 1. The Morgan fingerprint density at radius 3 is 2.67 bits per heavy atom. The quantitative estimate of drug-likeness (QED) is 0.413. The van der Waals surface area contributed by atoms with Crippen molar-refractivity contribution in [2.75, 3.05) is 7.11 Å². The van der Waals surface area contributed by atoms with Crippen molar-refractivity contribution in [1.29, 1.82) is 0 Å². The number of fused-ring (bicyclic) bond motifs is 1. The summed E-state index contributed by atoms with van der Waals surface area (Å²) in [5.41, 5.74) is -0.756. The van der Waals surface area contributed by atoms with E-state index in [4.69, 9.17) is 9.15 Å². The molecule has 0 saturated heterocycles. The summed E-state index contributed by atoms with van der Waals surface area (Å²) in [5, 5.41) is 10.8. The largest absolute Gasteiger partial charge is 0.465 e. The standard InChI is InChI=1S/C16H10N2O6/c1-23-15(19)10-6-3-2-5-9(10)14-17-11-7-4-8-12(18(21)22)13(11)16(20)24-14/h2-8H,1H3. The van der Waals surface area contributed by atoms with Crippen molar-refractivity contribution in [3.63, 3.8) is 0 Å². The molecule has 0 atom stereocenters. The Morgan fingerprint density at radius 1 is 1.21 bits per heavy atom. The van der Waals surface area contributed by atoms with Gasteiger partial charge in [0, 0.05) is 6.07 Å². The molecule has 0 bridgehead atoms. The number of nitrogens with zero attached hydrogens (tertiary/aromatic N) is 2. The van der Waals surface area contributed by atoms with Gasteiger partial charge in [-0.1, -0.05) is 18.2 Å². The lowest BCUT2D eigenvalue weighted by Gasteiger charge is -2.06. The van der Waals surface area contributed by atoms with Crippen molar-refractivity contribution in [2.45, 2.75) is 0 Å². The van der Waals surface area contributed by atoms with E-state index in [0.29, 0.717) is 0 Å². The first kappa shape index (κ1) is 15.3. The van der Waals surface area contributed by atoms with Crippen LogP contribution in [0.1, 0.15) is 10.4 Å². The maximum atomic E-state index is 12.2. The van der Waals surface area contributed by atoms with E-state index in [2.05, 4.69) is 4.98 Å². The fourth-order valence-electron chi connectivity index (χ4n) is 2.33. The molecule has 0 fully saturated rings. The molecule has 0 unspecified atom stereocenters. The predicted octanol–water partition coefficient (Wildman–Crippen LogP) is 2.55. The molecule has 0 spiro atoms. The van der Waals surface area contributed by atoms with Crippen LogP contribution in [0.2, 0.25) is 0 Å². The highest BCUT2D eigenvalue weighted by Crippen LogP contribution is 2.26. The van der Waals surface area contributed by atoms with Crippen LogP contribution in [-0.4, -0.2) is 23.0 Å². The highest BCUT2D eigenvalue weighted by atomic mass is 16.6. The molecule has 3 aromatic rings. The van der Waals surface area contributed by atoms with Gasteiger partial charge >= 0.3 is 11.6 Å². The van der Waals surface area contributed by atoms with Gasteiger partial charge in [0.2, 0.25) is 5.89 Å². The van der Waals surface area contributed by atoms with Crippen LogP contribution in [0, 0.1) is 10.1 Å². The van der Waals surface area contributed by atoms with Crippen LogP contribution < -0.4 is 5.63 Å². The van der Waals surface area contributed by atoms with E-state index in [1.165, 1.54) is 31.4 Å². The summed E-state index contributed by atoms with van der Waals surface area (Å²) < 4.78 is 9.81. The van der Waals surface area contributed by atoms with Crippen LogP contribution in [0.3, 0.4) is 0 Å². The molecule has 0 aliphatic rings. The first-order chi connectivity index (χ1) is 11.5. The van der Waals surface area contributed by atoms with Crippen LogP contribution in [0.5, 0.6) is 0 Å². The second kappa shape index (κ2) is 5.92. The lowest BCUT2D eigenvalue weighted by Crippen LogP contribution is -2.08. The predicted molar refractivity (Wildman–Crippen MR) is 83.7 cm³/mol. The van der Waals surface area contributed by atoms with Crippen molar-refractivity contribution >= 4 is 22.6 Å². The van der Waals surface area contributed by atoms with Crippen LogP contribution in [0.4, 0.5) is 5.69 Å². The Hall–Kier alpha value is -3.55. The number of methoxy groups -OCH3 is 1. The average Bonchev–Trinajstić information content (AvgIpc) is 2.60. The van der Waals surface area contributed by atoms with E-state index in [-0.39, 0.29) is 33.6 Å². The normalized spacial score (nSPS) is 10.5. The molecule has 3 rings (SSSR count). The number of rotatable bonds is 3. The summed E-state index contributed by atoms with van der Waals surface area (Å²) in [7, 11) is 1.23. The molecule has 0 radical (unpaired) electrons. The maximum Gasteiger partial charge on any atom is 0.354 e. The zero-order chi connectivity index (χ0) is 17.3. The fourth-order valence-corrected chi connectivity index (χ4v) is 2.33. The molecule has 2 aromatic carbocycles. The molecule has 0 N–H and O–H groups in total. The molecule has 0 aliphatic carbocycles. The van der Waals surface area contributed by atoms with Crippen molar-refractivity contribution in [2.24, 2.45) is 0 Å². The smallest absolute Gasteiger partial charge is 0.354 e. The molecule has 24 heavy (non-hydrogen) atoms. The first-order valence-corrected chi connectivity index (χ1v) is 6.79. The number of carbonyl (C=O) groups excluding carboxylic acids is 1. The van der Waals surface area contributed by atoms with Gasteiger partial charge in [-0.05, 0) is 18.2 Å². The molecule has 120 valence electrons. The number of aromatic nitrogens is 1. The molecular formula is C16H10N2O6. The molecule has 0 aliphatic heterocycles. The summed E-state index contributed by atoms with van der Waals surface area (Å²) in [6, 6.07) is 10.4. The van der Waals surface area contributed by atoms with Crippen LogP contribution in [0.25, 0.3) is 22.4 Å². The van der Waals surface area contributed by atoms with E-state index in [1.807, 2.05) is 0 Å². The molecule has 1 heterocycles. The summed E-state index contributed by atoms with van der Waals surface area (Å²) in [6.07, 6.45) is 0. The summed E-state index contributed by atoms with van der Waals surface area (Å²) in [4.78, 5) is 38.6. The molecule has 0 amide bonds. The highest BCUT2D eigenvalue weighted by Gasteiger charge is 2.21. The Labute approximate surface area is 134 Å². The minimum absolute atomic E-state index is 0.107. The minimum atomic E-state index is -0.901. The topological polar surface area (TPSA) is 113 Å². The highest BCUT2D eigenvalue weighted by molar-refractivity contribution is 5.96. The Bertz CT molecular complexity index is 1020. The van der Waals surface area contributed by atoms with E-state index in [1.54, 1.807) is 18.2 Å². The summed E-state index contributed by atoms with van der Waals surface area (Å²) >= 11 is 0. The molecule has 1 aromatic heterocycles. The van der Waals surface area contributed by atoms with Gasteiger partial charge in [0.05, 0.1) is 28.7 Å². The van der Waals surface area contributed by atoms with Gasteiger partial charge in [-0.2, -0.15) is 0 Å². The second-order valence-corrected chi connectivity index (χ2v) is 4.77. The van der Waals surface area contributed by atoms with Gasteiger partial charge in [-0.15, -0.1) is 0 Å². The van der Waals surface area contributed by atoms with E-state index in [0.717, 1.165) is 0 Å². The fraction of sp³-hybridized carbons (Fsp3) is 0.0625. The Morgan fingerprint density at radius 2 is 1.96 bits per heavy atom. The van der Waals surface area contributed by atoms with Crippen LogP contribution in [-0.2, 0) is 4.74 Å². The van der Waals surface area contributed by atoms with Gasteiger partial charge in [-0.25, -0.2) is 14.6 Å². The van der Waals surface area contributed by atoms with Crippen molar-refractivity contribution < 1.29 is 18.9 Å². The van der Waals surface area contributed by atoms with Crippen molar-refractivity contribution in [3.05, 3.63) is 68.6 Å². The first-order valence-electron chi connectivity index (χ1n) is 6.79. The number of nitro benzene ring substituents is 1. The zero-order valence-corrected chi connectivity index (χ0v) is 12.4. The zero-order valence-electron chi connectivity index (χ0n) is 12.4. The third kappa shape index (κ3) is 2.50. The SMILES string of the molecule is COC(=O)c1ccccc1-c1nc2cccc([N+](=O)[O-])c2c(=O)o1. The van der Waals surface area contributed by atoms with E-state index < -0.39 is 16.5 Å². The molecule has 8 heteroatoms. The summed E-state index contributed by atoms with van der Waals surface area (Å²) in [6.45, 7) is 0. The molecule has 0 saturated carbocycles. The number of non-ortho nitro benzene ring substituents is 1. The van der Waals surface area contributed by atoms with Gasteiger partial charge < -0.3 is 9.15 Å². The van der Waals surface area contributed by atoms with Crippen LogP contribution in [0.15, 0.2) is 51.7 Å². The Kier molecular flexibility index (Phi) is 3.78. The number of hydrogen-bond donors (Lipinski definition) is 0. The van der Waals surface area contributed by atoms with Crippen molar-refractivity contribution in [1.82, 2.24) is 4.98 Å².